The van der Waals surface area contributed by atoms with Gasteiger partial charge in [0.05, 0.1) is 29.7 Å². The molecule has 2 aromatic heterocycles. The van der Waals surface area contributed by atoms with Gasteiger partial charge in [-0.1, -0.05) is 0 Å². The summed E-state index contributed by atoms with van der Waals surface area (Å²) in [5.74, 6) is 1.38. The topological polar surface area (TPSA) is 110 Å². The van der Waals surface area contributed by atoms with E-state index >= 15 is 0 Å². The average Bonchev–Trinajstić information content (AvgIpc) is 2.68. The fourth-order valence-corrected chi connectivity index (χ4v) is 4.17. The molecule has 2 aliphatic rings. The van der Waals surface area contributed by atoms with Crippen molar-refractivity contribution in [2.45, 2.75) is 75.7 Å². The van der Waals surface area contributed by atoms with Crippen LogP contribution in [0, 0.1) is 0 Å². The second-order valence-corrected chi connectivity index (χ2v) is 8.35. The Balaban J connectivity index is 1.66. The second kappa shape index (κ2) is 8.77. The lowest BCUT2D eigenvalue weighted by Gasteiger charge is -2.31. The molecule has 0 aromatic carbocycles. The van der Waals surface area contributed by atoms with Crippen LogP contribution in [0.1, 0.15) is 56.9 Å². The third kappa shape index (κ3) is 4.60. The molecule has 2 aromatic rings. The van der Waals surface area contributed by atoms with Crippen LogP contribution in [0.2, 0.25) is 0 Å². The maximum atomic E-state index is 9.88. The van der Waals surface area contributed by atoms with E-state index in [9.17, 15) is 10.2 Å². The van der Waals surface area contributed by atoms with Gasteiger partial charge in [0.2, 0.25) is 11.8 Å². The van der Waals surface area contributed by atoms with Crippen LogP contribution >= 0.6 is 0 Å². The van der Waals surface area contributed by atoms with Gasteiger partial charge in [-0.3, -0.25) is 0 Å². The van der Waals surface area contributed by atoms with Crippen LogP contribution in [-0.2, 0) is 4.74 Å². The Morgan fingerprint density at radius 2 is 1.86 bits per heavy atom. The van der Waals surface area contributed by atoms with Gasteiger partial charge >= 0.3 is 0 Å². The highest BCUT2D eigenvalue weighted by Crippen LogP contribution is 2.38. The van der Waals surface area contributed by atoms with E-state index < -0.39 is 0 Å². The first-order chi connectivity index (χ1) is 14.0. The van der Waals surface area contributed by atoms with Crippen LogP contribution in [0.15, 0.2) is 12.4 Å². The Hall–Kier alpha value is -2.03. The SMILES string of the molecule is COC[C@@H](C)Nc1ncc2c(O[C@H]3C[C@@H](O)C3)ncc([C@H]3CC[C@H](O)CC3)c2n1. The number of pyridine rings is 1. The van der Waals surface area contributed by atoms with Gasteiger partial charge in [-0.2, -0.15) is 0 Å². The molecular weight excluding hydrogens is 372 g/mol. The van der Waals surface area contributed by atoms with Crippen molar-refractivity contribution >= 4 is 16.9 Å². The van der Waals surface area contributed by atoms with Crippen LogP contribution in [-0.4, -0.2) is 63.2 Å². The minimum absolute atomic E-state index is 0.0177. The van der Waals surface area contributed by atoms with Crippen molar-refractivity contribution in [3.63, 3.8) is 0 Å². The number of ether oxygens (including phenoxy) is 2. The summed E-state index contributed by atoms with van der Waals surface area (Å²) < 4.78 is 11.2. The highest BCUT2D eigenvalue weighted by Gasteiger charge is 2.31. The fourth-order valence-electron chi connectivity index (χ4n) is 4.17. The first kappa shape index (κ1) is 20.3. The fraction of sp³-hybridized carbons (Fsp3) is 0.667. The molecule has 0 amide bonds. The van der Waals surface area contributed by atoms with Crippen LogP contribution in [0.3, 0.4) is 0 Å². The Kier molecular flexibility index (Phi) is 6.12. The van der Waals surface area contributed by atoms with Crippen LogP contribution in [0.4, 0.5) is 5.95 Å². The molecule has 8 heteroatoms. The molecule has 158 valence electrons. The van der Waals surface area contributed by atoms with Gasteiger partial charge in [-0.15, -0.1) is 0 Å². The predicted octanol–water partition coefficient (Wildman–Crippen LogP) is 2.39. The van der Waals surface area contributed by atoms with Crippen LogP contribution < -0.4 is 10.1 Å². The molecule has 2 fully saturated rings. The maximum Gasteiger partial charge on any atom is 0.224 e. The van der Waals surface area contributed by atoms with Crippen LogP contribution in [0.5, 0.6) is 5.88 Å². The van der Waals surface area contributed by atoms with Crippen molar-refractivity contribution in [1.29, 1.82) is 0 Å². The number of rotatable bonds is 7. The summed E-state index contributed by atoms with van der Waals surface area (Å²) in [5, 5.41) is 23.5. The van der Waals surface area contributed by atoms with Gasteiger partial charge in [0, 0.05) is 44.0 Å². The minimum atomic E-state index is -0.284. The molecule has 1 atom stereocenters. The minimum Gasteiger partial charge on any atom is -0.474 e. The normalized spacial score (nSPS) is 28.0. The summed E-state index contributed by atoms with van der Waals surface area (Å²) in [7, 11) is 1.67. The summed E-state index contributed by atoms with van der Waals surface area (Å²) in [5.41, 5.74) is 1.93. The molecule has 0 bridgehead atoms. The Bertz CT molecular complexity index is 835. The molecule has 4 rings (SSSR count). The number of aliphatic hydroxyl groups is 2. The van der Waals surface area contributed by atoms with E-state index in [0.717, 1.165) is 42.1 Å². The summed E-state index contributed by atoms with van der Waals surface area (Å²) in [4.78, 5) is 13.9. The van der Waals surface area contributed by atoms with Crippen molar-refractivity contribution in [3.8, 4) is 5.88 Å². The van der Waals surface area contributed by atoms with E-state index in [2.05, 4.69) is 15.3 Å². The van der Waals surface area contributed by atoms with E-state index in [1.807, 2.05) is 13.1 Å². The monoisotopic (exact) mass is 402 g/mol. The van der Waals surface area contributed by atoms with Gasteiger partial charge in [-0.25, -0.2) is 15.0 Å². The highest BCUT2D eigenvalue weighted by molar-refractivity contribution is 5.86. The average molecular weight is 402 g/mol. The Morgan fingerprint density at radius 1 is 1.10 bits per heavy atom. The quantitative estimate of drug-likeness (QED) is 0.648. The molecular formula is C21H30N4O4. The lowest BCUT2D eigenvalue weighted by molar-refractivity contribution is -0.0120. The number of methoxy groups -OCH3 is 1. The van der Waals surface area contributed by atoms with Crippen LogP contribution in [0.25, 0.3) is 10.9 Å². The van der Waals surface area contributed by atoms with Crippen molar-refractivity contribution < 1.29 is 19.7 Å². The molecule has 0 unspecified atom stereocenters. The second-order valence-electron chi connectivity index (χ2n) is 8.35. The summed E-state index contributed by atoms with van der Waals surface area (Å²) >= 11 is 0. The predicted molar refractivity (Wildman–Crippen MR) is 109 cm³/mol. The van der Waals surface area contributed by atoms with E-state index in [0.29, 0.717) is 37.2 Å². The molecule has 2 aliphatic carbocycles. The smallest absolute Gasteiger partial charge is 0.224 e. The largest absolute Gasteiger partial charge is 0.474 e. The molecule has 0 spiro atoms. The number of nitrogens with zero attached hydrogens (tertiary/aromatic N) is 3. The summed E-state index contributed by atoms with van der Waals surface area (Å²) in [6, 6.07) is 0.0831. The van der Waals surface area contributed by atoms with Gasteiger partial charge in [0.1, 0.15) is 6.10 Å². The zero-order chi connectivity index (χ0) is 20.4. The maximum absolute atomic E-state index is 9.88. The van der Waals surface area contributed by atoms with Crippen molar-refractivity contribution in [3.05, 3.63) is 18.0 Å². The lowest BCUT2D eigenvalue weighted by Crippen LogP contribution is -2.37. The molecule has 2 heterocycles. The Morgan fingerprint density at radius 3 is 2.55 bits per heavy atom. The molecule has 2 saturated carbocycles. The number of nitrogens with one attached hydrogen (secondary N) is 1. The van der Waals surface area contributed by atoms with Gasteiger partial charge in [0.15, 0.2) is 0 Å². The molecule has 0 radical (unpaired) electrons. The zero-order valence-corrected chi connectivity index (χ0v) is 17.0. The third-order valence-corrected chi connectivity index (χ3v) is 5.89. The summed E-state index contributed by atoms with van der Waals surface area (Å²) in [6.07, 6.45) is 7.80. The van der Waals surface area contributed by atoms with Crippen molar-refractivity contribution in [2.24, 2.45) is 0 Å². The standard InChI is InChI=1S/C21H30N4O4/c1-12(11-28-2)24-21-23-10-18-19(25-21)17(13-3-5-14(26)6-4-13)9-22-20(18)29-16-7-15(27)8-16/h9-10,12-16,26-27H,3-8,11H2,1-2H3,(H,23,24,25)/t12-,13-,14-,15-,16+/m1/s1. The molecule has 0 aliphatic heterocycles. The number of fused-ring (bicyclic) bond motifs is 1. The molecule has 29 heavy (non-hydrogen) atoms. The van der Waals surface area contributed by atoms with E-state index in [1.54, 1.807) is 13.3 Å². The molecule has 8 nitrogen and oxygen atoms in total. The first-order valence-corrected chi connectivity index (χ1v) is 10.5. The van der Waals surface area contributed by atoms with E-state index in [-0.39, 0.29) is 24.4 Å². The molecule has 0 saturated heterocycles. The number of aromatic nitrogens is 3. The number of hydrogen-bond acceptors (Lipinski definition) is 8. The zero-order valence-electron chi connectivity index (χ0n) is 17.0. The number of aliphatic hydroxyl groups excluding tert-OH is 2. The van der Waals surface area contributed by atoms with Gasteiger partial charge in [0.25, 0.3) is 0 Å². The lowest BCUT2D eigenvalue weighted by atomic mass is 9.83. The number of anilines is 1. The molecule has 3 N–H and O–H groups in total. The summed E-state index contributed by atoms with van der Waals surface area (Å²) in [6.45, 7) is 2.58. The van der Waals surface area contributed by atoms with Gasteiger partial charge in [-0.05, 0) is 38.5 Å². The van der Waals surface area contributed by atoms with E-state index in [1.165, 1.54) is 0 Å². The first-order valence-electron chi connectivity index (χ1n) is 10.5. The van der Waals surface area contributed by atoms with E-state index in [4.69, 9.17) is 14.5 Å². The van der Waals surface area contributed by atoms with Crippen molar-refractivity contribution in [1.82, 2.24) is 15.0 Å². The highest BCUT2D eigenvalue weighted by atomic mass is 16.5. The Labute approximate surface area is 170 Å². The van der Waals surface area contributed by atoms with Gasteiger partial charge < -0.3 is 25.0 Å². The third-order valence-electron chi connectivity index (χ3n) is 5.89. The van der Waals surface area contributed by atoms with Crippen molar-refractivity contribution in [2.75, 3.05) is 19.0 Å². The number of hydrogen-bond donors (Lipinski definition) is 3.